The maximum Gasteiger partial charge on any atom is 0.123 e. The van der Waals surface area contributed by atoms with E-state index in [-0.39, 0.29) is 11.2 Å². The molecule has 100 valence electrons. The van der Waals surface area contributed by atoms with Crippen molar-refractivity contribution in [1.29, 1.82) is 0 Å². The minimum Gasteiger partial charge on any atom is -0.508 e. The van der Waals surface area contributed by atoms with Gasteiger partial charge in [0, 0.05) is 6.07 Å². The Hall–Kier alpha value is -1.96. The van der Waals surface area contributed by atoms with Crippen LogP contribution in [-0.4, -0.2) is 12.2 Å². The minimum absolute atomic E-state index is 0.148. The fourth-order valence-electron chi connectivity index (χ4n) is 2.03. The van der Waals surface area contributed by atoms with Gasteiger partial charge in [-0.05, 0) is 34.2 Å². The second-order valence-corrected chi connectivity index (χ2v) is 5.75. The van der Waals surface area contributed by atoms with Crippen LogP contribution in [0.15, 0.2) is 42.5 Å². The van der Waals surface area contributed by atoms with E-state index in [0.29, 0.717) is 5.75 Å². The molecule has 0 radical (unpaired) electrons. The highest BCUT2D eigenvalue weighted by Crippen LogP contribution is 2.30. The number of ether oxygens (including phenoxy) is 1. The molecule has 2 nitrogen and oxygen atoms in total. The lowest BCUT2D eigenvalue weighted by Gasteiger charge is -2.19. The maximum atomic E-state index is 9.69. The Bertz CT molecular complexity index is 563. The van der Waals surface area contributed by atoms with Gasteiger partial charge >= 0.3 is 0 Å². The average molecular weight is 256 g/mol. The van der Waals surface area contributed by atoms with Gasteiger partial charge in [0.25, 0.3) is 0 Å². The number of rotatable bonds is 2. The maximum absolute atomic E-state index is 9.69. The second-order valence-electron chi connectivity index (χ2n) is 5.75. The molecule has 0 atom stereocenters. The Labute approximate surface area is 114 Å². The summed E-state index contributed by atoms with van der Waals surface area (Å²) in [6, 6.07) is 13.7. The quantitative estimate of drug-likeness (QED) is 0.864. The minimum atomic E-state index is 0.148. The lowest BCUT2D eigenvalue weighted by atomic mass is 9.86. The van der Waals surface area contributed by atoms with Gasteiger partial charge in [-0.1, -0.05) is 45.0 Å². The van der Waals surface area contributed by atoms with Gasteiger partial charge < -0.3 is 9.84 Å². The molecule has 0 heterocycles. The van der Waals surface area contributed by atoms with Gasteiger partial charge in [0.15, 0.2) is 0 Å². The molecule has 0 unspecified atom stereocenters. The molecule has 0 spiro atoms. The third-order valence-corrected chi connectivity index (χ3v) is 3.21. The third-order valence-electron chi connectivity index (χ3n) is 3.21. The first-order chi connectivity index (χ1) is 8.90. The highest BCUT2D eigenvalue weighted by Gasteiger charge is 2.13. The smallest absolute Gasteiger partial charge is 0.123 e. The zero-order valence-corrected chi connectivity index (χ0v) is 11.9. The predicted molar refractivity (Wildman–Crippen MR) is 78.8 cm³/mol. The summed E-state index contributed by atoms with van der Waals surface area (Å²) in [7, 11) is 1.60. The summed E-state index contributed by atoms with van der Waals surface area (Å²) in [5.41, 5.74) is 3.47. The Morgan fingerprint density at radius 2 is 1.53 bits per heavy atom. The molecule has 2 aromatic rings. The molecule has 0 aliphatic rings. The molecular weight excluding hydrogens is 236 g/mol. The molecule has 0 saturated carbocycles. The predicted octanol–water partition coefficient (Wildman–Crippen LogP) is 4.37. The van der Waals surface area contributed by atoms with Crippen LogP contribution in [0, 0.1) is 0 Å². The molecule has 0 aromatic heterocycles. The first kappa shape index (κ1) is 13.5. The van der Waals surface area contributed by atoms with E-state index >= 15 is 0 Å². The van der Waals surface area contributed by atoms with Crippen molar-refractivity contribution in [2.75, 3.05) is 7.11 Å². The first-order valence-electron chi connectivity index (χ1n) is 6.39. The fourth-order valence-corrected chi connectivity index (χ4v) is 2.03. The van der Waals surface area contributed by atoms with E-state index in [1.54, 1.807) is 19.2 Å². The Balaban J connectivity index is 2.40. The molecule has 2 rings (SSSR count). The normalized spacial score (nSPS) is 11.4. The molecule has 1 N–H and O–H groups in total. The number of phenols is 1. The van der Waals surface area contributed by atoms with Crippen molar-refractivity contribution >= 4 is 0 Å². The van der Waals surface area contributed by atoms with Gasteiger partial charge in [0.2, 0.25) is 0 Å². The largest absolute Gasteiger partial charge is 0.508 e. The number of hydrogen-bond donors (Lipinski definition) is 1. The summed E-state index contributed by atoms with van der Waals surface area (Å²) < 4.78 is 5.18. The zero-order chi connectivity index (χ0) is 14.0. The number of phenolic OH excluding ortho intramolecular Hbond substituents is 1. The van der Waals surface area contributed by atoms with Crippen molar-refractivity contribution in [3.63, 3.8) is 0 Å². The van der Waals surface area contributed by atoms with Crippen molar-refractivity contribution < 1.29 is 9.84 Å². The molecule has 0 bridgehead atoms. The monoisotopic (exact) mass is 256 g/mol. The summed E-state index contributed by atoms with van der Waals surface area (Å²) in [5.74, 6) is 0.879. The van der Waals surface area contributed by atoms with Gasteiger partial charge in [-0.25, -0.2) is 0 Å². The molecule has 2 heteroatoms. The number of benzene rings is 2. The molecule has 0 saturated heterocycles. The molecule has 19 heavy (non-hydrogen) atoms. The van der Waals surface area contributed by atoms with E-state index in [1.807, 2.05) is 6.07 Å². The van der Waals surface area contributed by atoms with E-state index in [1.165, 1.54) is 5.56 Å². The second kappa shape index (κ2) is 4.96. The van der Waals surface area contributed by atoms with Crippen LogP contribution in [0.2, 0.25) is 0 Å². The number of hydrogen-bond acceptors (Lipinski definition) is 2. The number of aromatic hydroxyl groups is 1. The molecular formula is C17H20O2. The average Bonchev–Trinajstić information content (AvgIpc) is 2.37. The summed E-state index contributed by atoms with van der Waals surface area (Å²) in [5, 5.41) is 9.69. The molecule has 0 fully saturated rings. The Morgan fingerprint density at radius 3 is 2.05 bits per heavy atom. The fraction of sp³-hybridized carbons (Fsp3) is 0.294. The van der Waals surface area contributed by atoms with Crippen LogP contribution in [0.25, 0.3) is 11.1 Å². The van der Waals surface area contributed by atoms with E-state index < -0.39 is 0 Å². The van der Waals surface area contributed by atoms with E-state index in [0.717, 1.165) is 11.1 Å². The van der Waals surface area contributed by atoms with Crippen LogP contribution in [0.3, 0.4) is 0 Å². The van der Waals surface area contributed by atoms with Gasteiger partial charge in [0.05, 0.1) is 7.11 Å². The Morgan fingerprint density at radius 1 is 0.895 bits per heavy atom. The van der Waals surface area contributed by atoms with E-state index in [9.17, 15) is 5.11 Å². The SMILES string of the molecule is COc1cc(O)cc(-c2ccc(C(C)(C)C)cc2)c1. The van der Waals surface area contributed by atoms with Crippen molar-refractivity contribution in [2.24, 2.45) is 0 Å². The van der Waals surface area contributed by atoms with Gasteiger partial charge in [0.1, 0.15) is 11.5 Å². The van der Waals surface area contributed by atoms with Gasteiger partial charge in [-0.2, -0.15) is 0 Å². The lowest BCUT2D eigenvalue weighted by molar-refractivity contribution is 0.408. The van der Waals surface area contributed by atoms with Crippen LogP contribution in [0.4, 0.5) is 0 Å². The lowest BCUT2D eigenvalue weighted by Crippen LogP contribution is -2.10. The van der Waals surface area contributed by atoms with Crippen LogP contribution in [0.5, 0.6) is 11.5 Å². The zero-order valence-electron chi connectivity index (χ0n) is 11.9. The standard InChI is InChI=1S/C17H20O2/c1-17(2,3)14-7-5-12(6-8-14)13-9-15(18)11-16(10-13)19-4/h5-11,18H,1-4H3. The summed E-state index contributed by atoms with van der Waals surface area (Å²) in [6.45, 7) is 6.58. The molecule has 0 amide bonds. The van der Waals surface area contributed by atoms with Crippen molar-refractivity contribution in [2.45, 2.75) is 26.2 Å². The van der Waals surface area contributed by atoms with E-state index in [2.05, 4.69) is 45.0 Å². The van der Waals surface area contributed by atoms with Crippen LogP contribution in [-0.2, 0) is 5.41 Å². The van der Waals surface area contributed by atoms with Crippen molar-refractivity contribution in [3.8, 4) is 22.6 Å². The molecule has 2 aromatic carbocycles. The van der Waals surface area contributed by atoms with Crippen LogP contribution < -0.4 is 4.74 Å². The third kappa shape index (κ3) is 3.08. The van der Waals surface area contributed by atoms with Crippen molar-refractivity contribution in [3.05, 3.63) is 48.0 Å². The summed E-state index contributed by atoms with van der Waals surface area (Å²) in [4.78, 5) is 0. The van der Waals surface area contributed by atoms with E-state index in [4.69, 9.17) is 4.74 Å². The Kier molecular flexibility index (Phi) is 3.52. The van der Waals surface area contributed by atoms with Crippen LogP contribution >= 0.6 is 0 Å². The summed E-state index contributed by atoms with van der Waals surface area (Å²) >= 11 is 0. The van der Waals surface area contributed by atoms with Gasteiger partial charge in [-0.3, -0.25) is 0 Å². The molecule has 0 aliphatic heterocycles. The van der Waals surface area contributed by atoms with Crippen LogP contribution in [0.1, 0.15) is 26.3 Å². The summed E-state index contributed by atoms with van der Waals surface area (Å²) in [6.07, 6.45) is 0. The van der Waals surface area contributed by atoms with Gasteiger partial charge in [-0.15, -0.1) is 0 Å². The topological polar surface area (TPSA) is 29.5 Å². The highest BCUT2D eigenvalue weighted by molar-refractivity contribution is 5.67. The number of methoxy groups -OCH3 is 1. The van der Waals surface area contributed by atoms with Crippen molar-refractivity contribution in [1.82, 2.24) is 0 Å². The highest BCUT2D eigenvalue weighted by atomic mass is 16.5. The molecule has 0 aliphatic carbocycles. The first-order valence-corrected chi connectivity index (χ1v) is 6.39.